The lowest BCUT2D eigenvalue weighted by Crippen LogP contribution is -1.98. The molecule has 0 N–H and O–H groups in total. The van der Waals surface area contributed by atoms with Crippen molar-refractivity contribution in [1.82, 2.24) is 0 Å². The number of hydrogen-bond donors (Lipinski definition) is 0. The predicted molar refractivity (Wildman–Crippen MR) is 54.4 cm³/mol. The van der Waals surface area contributed by atoms with Crippen molar-refractivity contribution < 1.29 is 0 Å². The standard InChI is InChI=1S/C11H15N/c1-3-10-7-5-6-8-11(10)9-12-4-2/h3-4,9H,1-2,5-8H2. The molecule has 12 heavy (non-hydrogen) atoms. The summed E-state index contributed by atoms with van der Waals surface area (Å²) < 4.78 is 0. The summed E-state index contributed by atoms with van der Waals surface area (Å²) in [6, 6.07) is 0. The summed E-state index contributed by atoms with van der Waals surface area (Å²) in [6.45, 7) is 7.35. The van der Waals surface area contributed by atoms with E-state index in [0.29, 0.717) is 0 Å². The minimum Gasteiger partial charge on any atom is -0.265 e. The third-order valence-corrected chi connectivity index (χ3v) is 2.14. The first-order valence-electron chi connectivity index (χ1n) is 4.37. The summed E-state index contributed by atoms with van der Waals surface area (Å²) in [5.74, 6) is 0. The van der Waals surface area contributed by atoms with Gasteiger partial charge in [-0.3, -0.25) is 4.99 Å². The second kappa shape index (κ2) is 4.70. The molecule has 1 nitrogen and oxygen atoms in total. The van der Waals surface area contributed by atoms with Crippen molar-refractivity contribution in [3.63, 3.8) is 0 Å². The van der Waals surface area contributed by atoms with E-state index in [1.807, 2.05) is 12.3 Å². The van der Waals surface area contributed by atoms with E-state index in [9.17, 15) is 0 Å². The monoisotopic (exact) mass is 161 g/mol. The highest BCUT2D eigenvalue weighted by Gasteiger charge is 2.07. The average Bonchev–Trinajstić information content (AvgIpc) is 2.15. The van der Waals surface area contributed by atoms with Crippen molar-refractivity contribution in [2.24, 2.45) is 4.99 Å². The molecule has 1 aliphatic carbocycles. The molecule has 0 aromatic rings. The average molecular weight is 161 g/mol. The first-order chi connectivity index (χ1) is 5.88. The molecule has 0 saturated carbocycles. The number of allylic oxidation sites excluding steroid dienone is 3. The molecule has 0 heterocycles. The SMILES string of the molecule is C=CN=CC1=C(C=C)CCCC1. The van der Waals surface area contributed by atoms with Crippen molar-refractivity contribution in [3.05, 3.63) is 36.6 Å². The van der Waals surface area contributed by atoms with E-state index in [-0.39, 0.29) is 0 Å². The zero-order valence-electron chi connectivity index (χ0n) is 7.42. The van der Waals surface area contributed by atoms with Crippen LogP contribution >= 0.6 is 0 Å². The Hall–Kier alpha value is -1.11. The number of rotatable bonds is 3. The van der Waals surface area contributed by atoms with E-state index in [2.05, 4.69) is 18.2 Å². The zero-order valence-corrected chi connectivity index (χ0v) is 7.42. The van der Waals surface area contributed by atoms with E-state index in [0.717, 1.165) is 12.8 Å². The molecule has 1 rings (SSSR count). The Morgan fingerprint density at radius 2 is 1.75 bits per heavy atom. The van der Waals surface area contributed by atoms with Crippen molar-refractivity contribution in [3.8, 4) is 0 Å². The van der Waals surface area contributed by atoms with Gasteiger partial charge in [0, 0.05) is 12.4 Å². The lowest BCUT2D eigenvalue weighted by atomic mass is 9.92. The van der Waals surface area contributed by atoms with Gasteiger partial charge in [0.15, 0.2) is 0 Å². The Bertz CT molecular complexity index is 233. The molecule has 0 amide bonds. The number of hydrogen-bond acceptors (Lipinski definition) is 1. The van der Waals surface area contributed by atoms with Gasteiger partial charge < -0.3 is 0 Å². The van der Waals surface area contributed by atoms with Crippen LogP contribution in [-0.2, 0) is 0 Å². The molecule has 0 radical (unpaired) electrons. The topological polar surface area (TPSA) is 12.4 Å². The highest BCUT2D eigenvalue weighted by Crippen LogP contribution is 2.23. The molecule has 0 aromatic carbocycles. The second-order valence-corrected chi connectivity index (χ2v) is 2.92. The second-order valence-electron chi connectivity index (χ2n) is 2.92. The van der Waals surface area contributed by atoms with Crippen molar-refractivity contribution >= 4 is 6.21 Å². The first-order valence-corrected chi connectivity index (χ1v) is 4.37. The molecule has 0 saturated heterocycles. The van der Waals surface area contributed by atoms with Crippen molar-refractivity contribution in [2.45, 2.75) is 25.7 Å². The van der Waals surface area contributed by atoms with Gasteiger partial charge in [0.25, 0.3) is 0 Å². The smallest absolute Gasteiger partial charge is 0.0302 e. The molecule has 0 unspecified atom stereocenters. The fourth-order valence-electron chi connectivity index (χ4n) is 1.48. The minimum atomic E-state index is 1.14. The van der Waals surface area contributed by atoms with Gasteiger partial charge in [-0.2, -0.15) is 0 Å². The van der Waals surface area contributed by atoms with Gasteiger partial charge in [-0.25, -0.2) is 0 Å². The van der Waals surface area contributed by atoms with Crippen LogP contribution in [-0.4, -0.2) is 6.21 Å². The minimum absolute atomic E-state index is 1.14. The van der Waals surface area contributed by atoms with Crippen molar-refractivity contribution in [2.75, 3.05) is 0 Å². The summed E-state index contributed by atoms with van der Waals surface area (Å²) in [4.78, 5) is 4.03. The third-order valence-electron chi connectivity index (χ3n) is 2.14. The Balaban J connectivity index is 2.79. The van der Waals surface area contributed by atoms with Crippen LogP contribution in [0.15, 0.2) is 41.6 Å². The summed E-state index contributed by atoms with van der Waals surface area (Å²) in [7, 11) is 0. The summed E-state index contributed by atoms with van der Waals surface area (Å²) >= 11 is 0. The molecule has 64 valence electrons. The van der Waals surface area contributed by atoms with Crippen LogP contribution in [0.1, 0.15) is 25.7 Å². The van der Waals surface area contributed by atoms with Crippen LogP contribution in [0.4, 0.5) is 0 Å². The van der Waals surface area contributed by atoms with E-state index in [1.165, 1.54) is 24.0 Å². The van der Waals surface area contributed by atoms with E-state index in [1.54, 1.807) is 6.20 Å². The fourth-order valence-corrected chi connectivity index (χ4v) is 1.48. The highest BCUT2D eigenvalue weighted by atomic mass is 14.7. The molecule has 0 atom stereocenters. The van der Waals surface area contributed by atoms with Crippen LogP contribution in [0.2, 0.25) is 0 Å². The van der Waals surface area contributed by atoms with Gasteiger partial charge in [0.2, 0.25) is 0 Å². The van der Waals surface area contributed by atoms with Gasteiger partial charge in [-0.05, 0) is 36.8 Å². The van der Waals surface area contributed by atoms with Gasteiger partial charge in [0.05, 0.1) is 0 Å². The van der Waals surface area contributed by atoms with E-state index >= 15 is 0 Å². The van der Waals surface area contributed by atoms with Gasteiger partial charge in [-0.1, -0.05) is 19.2 Å². The quantitative estimate of drug-likeness (QED) is 0.563. The van der Waals surface area contributed by atoms with Crippen LogP contribution in [0.5, 0.6) is 0 Å². The Morgan fingerprint density at radius 3 is 2.33 bits per heavy atom. The maximum absolute atomic E-state index is 4.03. The molecule has 0 aromatic heterocycles. The largest absolute Gasteiger partial charge is 0.265 e. The highest BCUT2D eigenvalue weighted by molar-refractivity contribution is 5.81. The molecule has 0 fully saturated rings. The number of nitrogens with zero attached hydrogens (tertiary/aromatic N) is 1. The normalized spacial score (nSPS) is 18.3. The fraction of sp³-hybridized carbons (Fsp3) is 0.364. The molecule has 0 bridgehead atoms. The van der Waals surface area contributed by atoms with Gasteiger partial charge in [-0.15, -0.1) is 0 Å². The Morgan fingerprint density at radius 1 is 1.08 bits per heavy atom. The van der Waals surface area contributed by atoms with E-state index in [4.69, 9.17) is 0 Å². The summed E-state index contributed by atoms with van der Waals surface area (Å²) in [6.07, 6.45) is 10.3. The van der Waals surface area contributed by atoms with Crippen molar-refractivity contribution in [1.29, 1.82) is 0 Å². The third kappa shape index (κ3) is 2.19. The maximum atomic E-state index is 4.03. The van der Waals surface area contributed by atoms with Crippen LogP contribution in [0.25, 0.3) is 0 Å². The molecule has 0 aliphatic heterocycles. The van der Waals surface area contributed by atoms with Crippen LogP contribution in [0, 0.1) is 0 Å². The molecule has 1 aliphatic rings. The van der Waals surface area contributed by atoms with E-state index < -0.39 is 0 Å². The molecule has 0 spiro atoms. The lowest BCUT2D eigenvalue weighted by Gasteiger charge is -2.13. The summed E-state index contributed by atoms with van der Waals surface area (Å²) in [5.41, 5.74) is 2.68. The number of aliphatic imine (C=N–C) groups is 1. The van der Waals surface area contributed by atoms with Gasteiger partial charge in [0.1, 0.15) is 0 Å². The van der Waals surface area contributed by atoms with Gasteiger partial charge >= 0.3 is 0 Å². The maximum Gasteiger partial charge on any atom is 0.0302 e. The zero-order chi connectivity index (χ0) is 8.81. The molecule has 1 heteroatoms. The first kappa shape index (κ1) is 8.98. The Kier molecular flexibility index (Phi) is 3.52. The van der Waals surface area contributed by atoms with Crippen LogP contribution < -0.4 is 0 Å². The molecular weight excluding hydrogens is 146 g/mol. The summed E-state index contributed by atoms with van der Waals surface area (Å²) in [5, 5.41) is 0. The molecular formula is C11H15N. The van der Waals surface area contributed by atoms with Crippen LogP contribution in [0.3, 0.4) is 0 Å². The Labute approximate surface area is 74.2 Å². The lowest BCUT2D eigenvalue weighted by molar-refractivity contribution is 0.700. The predicted octanol–water partition coefficient (Wildman–Crippen LogP) is 3.26.